The summed E-state index contributed by atoms with van der Waals surface area (Å²) in [6, 6.07) is 18.2. The number of nitriles is 1. The van der Waals surface area contributed by atoms with Gasteiger partial charge in [0.05, 0.1) is 12.8 Å². The van der Waals surface area contributed by atoms with Crippen molar-refractivity contribution in [3.8, 4) is 11.8 Å². The van der Waals surface area contributed by atoms with Gasteiger partial charge in [-0.3, -0.25) is 0 Å². The quantitative estimate of drug-likeness (QED) is 0.480. The molecule has 5 heteroatoms. The van der Waals surface area contributed by atoms with Crippen LogP contribution in [0.2, 0.25) is 0 Å². The standard InChI is InChI=1S/C15H12N4O/c1-20-14-9-7-12(8-10-14)15(11-16)18-19-17-13-5-3-2-4-6-13/h2-10H,1H3/b18-15-,19-17?. The molecule has 5 nitrogen and oxygen atoms in total. The van der Waals surface area contributed by atoms with E-state index in [0.29, 0.717) is 11.3 Å². The summed E-state index contributed by atoms with van der Waals surface area (Å²) in [5.41, 5.74) is 1.55. The van der Waals surface area contributed by atoms with Gasteiger partial charge in [0, 0.05) is 5.56 Å². The molecule has 0 N–H and O–H groups in total. The van der Waals surface area contributed by atoms with Crippen molar-refractivity contribution in [3.05, 3.63) is 60.2 Å². The number of ether oxygens (including phenoxy) is 1. The zero-order valence-corrected chi connectivity index (χ0v) is 10.9. The first-order valence-electron chi connectivity index (χ1n) is 5.92. The van der Waals surface area contributed by atoms with Gasteiger partial charge in [-0.1, -0.05) is 18.2 Å². The molecule has 98 valence electrons. The number of benzene rings is 2. The molecule has 2 aromatic rings. The Kier molecular flexibility index (Phi) is 4.57. The Morgan fingerprint density at radius 1 is 1.05 bits per heavy atom. The fourth-order valence-corrected chi connectivity index (χ4v) is 1.51. The van der Waals surface area contributed by atoms with Gasteiger partial charge < -0.3 is 4.74 Å². The molecule has 0 atom stereocenters. The molecule has 0 unspecified atom stereocenters. The average molecular weight is 264 g/mol. The Hall–Kier alpha value is -3.00. The normalized spacial score (nSPS) is 11.3. The molecule has 0 aliphatic carbocycles. The van der Waals surface area contributed by atoms with Crippen LogP contribution in [0.4, 0.5) is 5.69 Å². The first kappa shape index (κ1) is 13.4. The van der Waals surface area contributed by atoms with E-state index in [-0.39, 0.29) is 5.71 Å². The topological polar surface area (TPSA) is 70.1 Å². The summed E-state index contributed by atoms with van der Waals surface area (Å²) in [6.45, 7) is 0. The Morgan fingerprint density at radius 3 is 2.35 bits per heavy atom. The molecule has 0 aromatic heterocycles. The molecule has 0 amide bonds. The largest absolute Gasteiger partial charge is 0.497 e. The van der Waals surface area contributed by atoms with Crippen molar-refractivity contribution in [2.24, 2.45) is 15.4 Å². The van der Waals surface area contributed by atoms with E-state index in [1.165, 1.54) is 0 Å². The summed E-state index contributed by atoms with van der Waals surface area (Å²) in [5.74, 6) is 0.719. The van der Waals surface area contributed by atoms with Crippen molar-refractivity contribution in [1.82, 2.24) is 0 Å². The fraction of sp³-hybridized carbons (Fsp3) is 0.0667. The minimum Gasteiger partial charge on any atom is -0.497 e. The lowest BCUT2D eigenvalue weighted by Crippen LogP contribution is -1.96. The maximum Gasteiger partial charge on any atom is 0.172 e. The van der Waals surface area contributed by atoms with Crippen LogP contribution in [0.1, 0.15) is 5.56 Å². The molecule has 0 spiro atoms. The van der Waals surface area contributed by atoms with E-state index in [1.807, 2.05) is 24.3 Å². The highest BCUT2D eigenvalue weighted by Gasteiger charge is 2.02. The van der Waals surface area contributed by atoms with Crippen molar-refractivity contribution < 1.29 is 4.74 Å². The van der Waals surface area contributed by atoms with Gasteiger partial charge in [-0.2, -0.15) is 5.26 Å². The zero-order chi connectivity index (χ0) is 14.2. The van der Waals surface area contributed by atoms with E-state index < -0.39 is 0 Å². The monoisotopic (exact) mass is 264 g/mol. The van der Waals surface area contributed by atoms with Gasteiger partial charge in [0.1, 0.15) is 11.8 Å². The third-order valence-corrected chi connectivity index (χ3v) is 2.53. The molecule has 0 radical (unpaired) electrons. The van der Waals surface area contributed by atoms with Crippen LogP contribution in [0.25, 0.3) is 0 Å². The van der Waals surface area contributed by atoms with E-state index in [1.54, 1.807) is 43.5 Å². The van der Waals surface area contributed by atoms with Crippen LogP contribution in [0.15, 0.2) is 70.0 Å². The number of nitrogens with zero attached hydrogens (tertiary/aromatic N) is 4. The fourth-order valence-electron chi connectivity index (χ4n) is 1.51. The third kappa shape index (κ3) is 3.50. The number of rotatable bonds is 4. The summed E-state index contributed by atoms with van der Waals surface area (Å²) in [4.78, 5) is 0. The molecule has 0 aliphatic heterocycles. The van der Waals surface area contributed by atoms with E-state index >= 15 is 0 Å². The van der Waals surface area contributed by atoms with Crippen molar-refractivity contribution in [2.75, 3.05) is 7.11 Å². The SMILES string of the molecule is COc1ccc(/C(C#N)=N\N=Nc2ccccc2)cc1. The minimum absolute atomic E-state index is 0.201. The molecule has 2 rings (SSSR count). The molecule has 2 aromatic carbocycles. The highest BCUT2D eigenvalue weighted by molar-refractivity contribution is 6.11. The summed E-state index contributed by atoms with van der Waals surface area (Å²) in [7, 11) is 1.59. The highest BCUT2D eigenvalue weighted by Crippen LogP contribution is 2.13. The molecule has 20 heavy (non-hydrogen) atoms. The van der Waals surface area contributed by atoms with E-state index in [2.05, 4.69) is 15.4 Å². The predicted octanol–water partition coefficient (Wildman–Crippen LogP) is 3.71. The van der Waals surface area contributed by atoms with Crippen LogP contribution >= 0.6 is 0 Å². The smallest absolute Gasteiger partial charge is 0.172 e. The van der Waals surface area contributed by atoms with Crippen molar-refractivity contribution >= 4 is 11.4 Å². The van der Waals surface area contributed by atoms with Crippen LogP contribution in [0, 0.1) is 11.3 Å². The van der Waals surface area contributed by atoms with Crippen LogP contribution in [0.5, 0.6) is 5.75 Å². The summed E-state index contributed by atoms with van der Waals surface area (Å²) < 4.78 is 5.06. The zero-order valence-electron chi connectivity index (χ0n) is 10.9. The molecule has 0 bridgehead atoms. The van der Waals surface area contributed by atoms with Crippen LogP contribution in [0.3, 0.4) is 0 Å². The molecule has 0 saturated carbocycles. The van der Waals surface area contributed by atoms with Crippen molar-refractivity contribution in [1.29, 1.82) is 5.26 Å². The van der Waals surface area contributed by atoms with Crippen molar-refractivity contribution in [2.45, 2.75) is 0 Å². The Bertz CT molecular complexity index is 655. The first-order valence-corrected chi connectivity index (χ1v) is 5.92. The molecule has 0 fully saturated rings. The van der Waals surface area contributed by atoms with Crippen LogP contribution in [-0.4, -0.2) is 12.8 Å². The maximum absolute atomic E-state index is 9.09. The number of hydrogen-bond acceptors (Lipinski definition) is 4. The maximum atomic E-state index is 9.09. The molecular formula is C15H12N4O. The van der Waals surface area contributed by atoms with Gasteiger partial charge in [-0.15, -0.1) is 10.2 Å². The van der Waals surface area contributed by atoms with E-state index in [4.69, 9.17) is 10.00 Å². The second-order valence-electron chi connectivity index (χ2n) is 3.81. The highest BCUT2D eigenvalue weighted by atomic mass is 16.5. The van der Waals surface area contributed by atoms with Gasteiger partial charge in [0.15, 0.2) is 5.71 Å². The predicted molar refractivity (Wildman–Crippen MR) is 76.1 cm³/mol. The van der Waals surface area contributed by atoms with Crippen LogP contribution < -0.4 is 4.74 Å². The summed E-state index contributed by atoms with van der Waals surface area (Å²) in [6.07, 6.45) is 0. The lowest BCUT2D eigenvalue weighted by atomic mass is 10.1. The van der Waals surface area contributed by atoms with Gasteiger partial charge >= 0.3 is 0 Å². The average Bonchev–Trinajstić information content (AvgIpc) is 2.53. The van der Waals surface area contributed by atoms with Gasteiger partial charge in [0.2, 0.25) is 0 Å². The van der Waals surface area contributed by atoms with Gasteiger partial charge in [-0.05, 0) is 41.6 Å². The van der Waals surface area contributed by atoms with Crippen LogP contribution in [-0.2, 0) is 0 Å². The minimum atomic E-state index is 0.201. The summed E-state index contributed by atoms with van der Waals surface area (Å²) >= 11 is 0. The Labute approximate surface area is 116 Å². The summed E-state index contributed by atoms with van der Waals surface area (Å²) in [5, 5.41) is 20.5. The lowest BCUT2D eigenvalue weighted by molar-refractivity contribution is 0.415. The second kappa shape index (κ2) is 6.81. The number of hydrogen-bond donors (Lipinski definition) is 0. The molecular weight excluding hydrogens is 252 g/mol. The van der Waals surface area contributed by atoms with E-state index in [0.717, 1.165) is 5.75 Å². The Balaban J connectivity index is 2.17. The Morgan fingerprint density at radius 2 is 1.75 bits per heavy atom. The molecule has 0 saturated heterocycles. The second-order valence-corrected chi connectivity index (χ2v) is 3.81. The van der Waals surface area contributed by atoms with E-state index in [9.17, 15) is 0 Å². The van der Waals surface area contributed by atoms with Crippen molar-refractivity contribution in [3.63, 3.8) is 0 Å². The molecule has 0 aliphatic rings. The third-order valence-electron chi connectivity index (χ3n) is 2.53. The number of methoxy groups -OCH3 is 1. The van der Waals surface area contributed by atoms with Gasteiger partial charge in [0.25, 0.3) is 0 Å². The lowest BCUT2D eigenvalue weighted by Gasteiger charge is -2.00. The first-order chi connectivity index (χ1) is 9.83. The van der Waals surface area contributed by atoms with Gasteiger partial charge in [-0.25, -0.2) is 0 Å². The molecule has 0 heterocycles.